The minimum atomic E-state index is -0.0511. The average Bonchev–Trinajstić information content (AvgIpc) is 2.39. The van der Waals surface area contributed by atoms with Gasteiger partial charge in [-0.15, -0.1) is 0 Å². The summed E-state index contributed by atoms with van der Waals surface area (Å²) in [6, 6.07) is 8.29. The molecule has 1 aliphatic heterocycles. The van der Waals surface area contributed by atoms with E-state index in [2.05, 4.69) is 17.4 Å². The highest BCUT2D eigenvalue weighted by Crippen LogP contribution is 2.17. The molecule has 17 heavy (non-hydrogen) atoms. The summed E-state index contributed by atoms with van der Waals surface area (Å²) < 4.78 is 0. The molecule has 1 aliphatic rings. The molecule has 0 unspecified atom stereocenters. The Kier molecular flexibility index (Phi) is 3.79. The molecule has 3 nitrogen and oxygen atoms in total. The first kappa shape index (κ1) is 12.1. The molecular formula is C14H20N2O. The Morgan fingerprint density at radius 1 is 1.29 bits per heavy atom. The van der Waals surface area contributed by atoms with Crippen LogP contribution in [0.15, 0.2) is 24.3 Å². The van der Waals surface area contributed by atoms with Crippen molar-refractivity contribution in [1.29, 1.82) is 0 Å². The van der Waals surface area contributed by atoms with Crippen molar-refractivity contribution in [2.24, 2.45) is 0 Å². The van der Waals surface area contributed by atoms with Gasteiger partial charge in [0.05, 0.1) is 6.04 Å². The van der Waals surface area contributed by atoms with Crippen LogP contribution >= 0.6 is 0 Å². The molecule has 1 N–H and O–H groups in total. The standard InChI is InChI=1S/C14H20N2O/c1-3-16(4-2)14(17)13-9-11-7-5-6-8-12(11)10-15-13/h5-8,13,15H,3-4,9-10H2,1-2H3/t13-/m1/s1. The lowest BCUT2D eigenvalue weighted by atomic mass is 9.95. The van der Waals surface area contributed by atoms with Crippen molar-refractivity contribution >= 4 is 5.91 Å². The summed E-state index contributed by atoms with van der Waals surface area (Å²) in [5.41, 5.74) is 2.62. The largest absolute Gasteiger partial charge is 0.342 e. The molecule has 0 fully saturated rings. The van der Waals surface area contributed by atoms with Crippen molar-refractivity contribution in [2.45, 2.75) is 32.9 Å². The zero-order chi connectivity index (χ0) is 12.3. The zero-order valence-electron chi connectivity index (χ0n) is 10.6. The number of nitrogens with zero attached hydrogens (tertiary/aromatic N) is 1. The Bertz CT molecular complexity index is 399. The molecule has 3 heteroatoms. The topological polar surface area (TPSA) is 32.3 Å². The second-order valence-corrected chi connectivity index (χ2v) is 4.42. The molecule has 0 bridgehead atoms. The summed E-state index contributed by atoms with van der Waals surface area (Å²) >= 11 is 0. The predicted octanol–water partition coefficient (Wildman–Crippen LogP) is 1.57. The van der Waals surface area contributed by atoms with Gasteiger partial charge in [-0.1, -0.05) is 24.3 Å². The second kappa shape index (κ2) is 5.32. The highest BCUT2D eigenvalue weighted by molar-refractivity contribution is 5.82. The molecule has 0 radical (unpaired) electrons. The number of benzene rings is 1. The van der Waals surface area contributed by atoms with E-state index in [4.69, 9.17) is 0 Å². The van der Waals surface area contributed by atoms with Gasteiger partial charge in [-0.05, 0) is 31.4 Å². The molecule has 1 atom stereocenters. The summed E-state index contributed by atoms with van der Waals surface area (Å²) in [7, 11) is 0. The Morgan fingerprint density at radius 3 is 2.59 bits per heavy atom. The van der Waals surface area contributed by atoms with Gasteiger partial charge >= 0.3 is 0 Å². The van der Waals surface area contributed by atoms with E-state index in [1.165, 1.54) is 11.1 Å². The van der Waals surface area contributed by atoms with Crippen LogP contribution in [0.3, 0.4) is 0 Å². The van der Waals surface area contributed by atoms with Gasteiger partial charge in [0.2, 0.25) is 5.91 Å². The summed E-state index contributed by atoms with van der Waals surface area (Å²) in [5, 5.41) is 3.33. The molecule has 92 valence electrons. The first-order valence-electron chi connectivity index (χ1n) is 6.35. The molecule has 0 spiro atoms. The molecule has 0 saturated heterocycles. The van der Waals surface area contributed by atoms with Crippen LogP contribution in [0.25, 0.3) is 0 Å². The second-order valence-electron chi connectivity index (χ2n) is 4.42. The van der Waals surface area contributed by atoms with Crippen LogP contribution < -0.4 is 5.32 Å². The van der Waals surface area contributed by atoms with Crippen molar-refractivity contribution in [3.63, 3.8) is 0 Å². The number of fused-ring (bicyclic) bond motifs is 1. The zero-order valence-corrected chi connectivity index (χ0v) is 10.6. The van der Waals surface area contributed by atoms with E-state index in [1.54, 1.807) is 0 Å². The molecule has 1 heterocycles. The van der Waals surface area contributed by atoms with Crippen LogP contribution in [-0.2, 0) is 17.8 Å². The molecule has 0 aliphatic carbocycles. The summed E-state index contributed by atoms with van der Waals surface area (Å²) in [5.74, 6) is 0.226. The van der Waals surface area contributed by atoms with Crippen LogP contribution in [0.5, 0.6) is 0 Å². The van der Waals surface area contributed by atoms with Crippen molar-refractivity contribution in [3.8, 4) is 0 Å². The molecule has 1 aromatic rings. The molecular weight excluding hydrogens is 212 g/mol. The van der Waals surface area contributed by atoms with Crippen molar-refractivity contribution in [1.82, 2.24) is 10.2 Å². The van der Waals surface area contributed by atoms with Gasteiger partial charge in [-0.25, -0.2) is 0 Å². The van der Waals surface area contributed by atoms with E-state index in [-0.39, 0.29) is 11.9 Å². The molecule has 1 amide bonds. The molecule has 0 saturated carbocycles. The number of nitrogens with one attached hydrogen (secondary N) is 1. The quantitative estimate of drug-likeness (QED) is 0.858. The maximum absolute atomic E-state index is 12.2. The van der Waals surface area contributed by atoms with Gasteiger partial charge in [0.1, 0.15) is 0 Å². The van der Waals surface area contributed by atoms with Gasteiger partial charge in [-0.3, -0.25) is 4.79 Å². The lowest BCUT2D eigenvalue weighted by molar-refractivity contribution is -0.133. The van der Waals surface area contributed by atoms with E-state index < -0.39 is 0 Å². The smallest absolute Gasteiger partial charge is 0.240 e. The van der Waals surface area contributed by atoms with E-state index in [9.17, 15) is 4.79 Å². The van der Waals surface area contributed by atoms with Gasteiger partial charge in [0.15, 0.2) is 0 Å². The van der Waals surface area contributed by atoms with Gasteiger partial charge < -0.3 is 10.2 Å². The molecule has 1 aromatic carbocycles. The van der Waals surface area contributed by atoms with Gasteiger partial charge in [0, 0.05) is 19.6 Å². The van der Waals surface area contributed by atoms with Crippen LogP contribution in [0, 0.1) is 0 Å². The fourth-order valence-electron chi connectivity index (χ4n) is 2.38. The minimum absolute atomic E-state index is 0.0511. The van der Waals surface area contributed by atoms with E-state index in [0.717, 1.165) is 26.1 Å². The van der Waals surface area contributed by atoms with E-state index in [1.807, 2.05) is 30.9 Å². The van der Waals surface area contributed by atoms with Crippen molar-refractivity contribution in [3.05, 3.63) is 35.4 Å². The van der Waals surface area contributed by atoms with Crippen LogP contribution in [0.2, 0.25) is 0 Å². The number of hydrogen-bond donors (Lipinski definition) is 1. The number of carbonyl (C=O) groups excluding carboxylic acids is 1. The van der Waals surface area contributed by atoms with Crippen LogP contribution in [0.4, 0.5) is 0 Å². The van der Waals surface area contributed by atoms with E-state index >= 15 is 0 Å². The Morgan fingerprint density at radius 2 is 1.94 bits per heavy atom. The SMILES string of the molecule is CCN(CC)C(=O)[C@H]1Cc2ccccc2CN1. The maximum Gasteiger partial charge on any atom is 0.240 e. The Balaban J connectivity index is 2.09. The third-order valence-corrected chi connectivity index (χ3v) is 3.45. The molecule has 0 aromatic heterocycles. The maximum atomic E-state index is 12.2. The monoisotopic (exact) mass is 232 g/mol. The number of amides is 1. The summed E-state index contributed by atoms with van der Waals surface area (Å²) in [6.07, 6.45) is 0.811. The average molecular weight is 232 g/mol. The van der Waals surface area contributed by atoms with Gasteiger partial charge in [-0.2, -0.15) is 0 Å². The number of rotatable bonds is 3. The molecule has 2 rings (SSSR count). The highest BCUT2D eigenvalue weighted by atomic mass is 16.2. The van der Waals surface area contributed by atoms with Gasteiger partial charge in [0.25, 0.3) is 0 Å². The number of hydrogen-bond acceptors (Lipinski definition) is 2. The first-order valence-corrected chi connectivity index (χ1v) is 6.35. The first-order chi connectivity index (χ1) is 8.26. The lowest BCUT2D eigenvalue weighted by Gasteiger charge is -2.29. The summed E-state index contributed by atoms with van der Waals surface area (Å²) in [6.45, 7) is 6.43. The normalized spacial score (nSPS) is 18.6. The van der Waals surface area contributed by atoms with Crippen LogP contribution in [0.1, 0.15) is 25.0 Å². The predicted molar refractivity (Wildman–Crippen MR) is 68.7 cm³/mol. The highest BCUT2D eigenvalue weighted by Gasteiger charge is 2.26. The fraction of sp³-hybridized carbons (Fsp3) is 0.500. The van der Waals surface area contributed by atoms with Crippen molar-refractivity contribution in [2.75, 3.05) is 13.1 Å². The minimum Gasteiger partial charge on any atom is -0.342 e. The fourth-order valence-corrected chi connectivity index (χ4v) is 2.38. The third-order valence-electron chi connectivity index (χ3n) is 3.45. The Hall–Kier alpha value is -1.35. The van der Waals surface area contributed by atoms with E-state index in [0.29, 0.717) is 0 Å². The number of likely N-dealkylation sites (N-methyl/N-ethyl adjacent to an activating group) is 1. The Labute approximate surface area is 103 Å². The number of carbonyl (C=O) groups is 1. The summed E-state index contributed by atoms with van der Waals surface area (Å²) in [4.78, 5) is 14.1. The van der Waals surface area contributed by atoms with Crippen molar-refractivity contribution < 1.29 is 4.79 Å². The lowest BCUT2D eigenvalue weighted by Crippen LogP contribution is -2.49. The third kappa shape index (κ3) is 2.50. The van der Waals surface area contributed by atoms with Crippen LogP contribution in [-0.4, -0.2) is 29.9 Å².